The van der Waals surface area contributed by atoms with Gasteiger partial charge in [-0.05, 0) is 105 Å². The number of aliphatic hydroxyl groups is 3. The number of aromatic hydroxyl groups is 2. The van der Waals surface area contributed by atoms with Crippen molar-refractivity contribution in [3.63, 3.8) is 0 Å². The highest BCUT2D eigenvalue weighted by Crippen LogP contribution is 2.18. The van der Waals surface area contributed by atoms with E-state index in [2.05, 4.69) is 69.1 Å². The van der Waals surface area contributed by atoms with Crippen LogP contribution in [0.1, 0.15) is 130 Å². The Kier molecular flexibility index (Phi) is 40.2. The molecular weight excluding hydrogens is 1510 g/mol. The number of phenols is 2. The number of carboxylic acids is 4. The van der Waals surface area contributed by atoms with Gasteiger partial charge in [0.2, 0.25) is 76.8 Å². The van der Waals surface area contributed by atoms with Crippen molar-refractivity contribution in [3.05, 3.63) is 95.6 Å². The van der Waals surface area contributed by atoms with Crippen molar-refractivity contribution in [3.8, 4) is 11.5 Å². The van der Waals surface area contributed by atoms with Gasteiger partial charge in [-0.25, -0.2) is 4.79 Å². The van der Waals surface area contributed by atoms with E-state index < -0.39 is 255 Å². The summed E-state index contributed by atoms with van der Waals surface area (Å²) in [4.78, 5) is 229. The minimum atomic E-state index is -2.16. The van der Waals surface area contributed by atoms with Gasteiger partial charge in [-0.3, -0.25) is 76.7 Å². The molecule has 634 valence electrons. The van der Waals surface area contributed by atoms with Crippen LogP contribution in [0.2, 0.25) is 0 Å². The molecule has 3 rings (SSSR count). The lowest BCUT2D eigenvalue weighted by Crippen LogP contribution is -2.63. The highest BCUT2D eigenvalue weighted by molar-refractivity contribution is 6.01. The van der Waals surface area contributed by atoms with Crippen LogP contribution in [0.15, 0.2) is 78.9 Å². The lowest BCUT2D eigenvalue weighted by atomic mass is 9.96. The van der Waals surface area contributed by atoms with Crippen LogP contribution in [0, 0.1) is 17.8 Å². The molecular formula is C75H108N14O26. The zero-order valence-corrected chi connectivity index (χ0v) is 65.2. The zero-order chi connectivity index (χ0) is 86.7. The van der Waals surface area contributed by atoms with Gasteiger partial charge in [-0.2, -0.15) is 0 Å². The van der Waals surface area contributed by atoms with Crippen LogP contribution >= 0.6 is 0 Å². The van der Waals surface area contributed by atoms with Crippen molar-refractivity contribution >= 4 is 101 Å². The van der Waals surface area contributed by atoms with Crippen LogP contribution < -0.4 is 74.9 Å². The quantitative estimate of drug-likeness (QED) is 0.0254. The Balaban J connectivity index is 1.87. The Hall–Kier alpha value is -11.9. The summed E-state index contributed by atoms with van der Waals surface area (Å²) in [5, 5.41) is 121. The van der Waals surface area contributed by atoms with Crippen molar-refractivity contribution < 1.29 is 127 Å². The van der Waals surface area contributed by atoms with Crippen molar-refractivity contribution in [2.24, 2.45) is 23.5 Å². The molecule has 0 radical (unpaired) electrons. The van der Waals surface area contributed by atoms with E-state index in [1.165, 1.54) is 76.2 Å². The van der Waals surface area contributed by atoms with Crippen LogP contribution in [-0.2, 0) is 101 Å². The molecule has 0 heterocycles. The number of aliphatic hydroxyl groups excluding tert-OH is 3. The molecule has 0 aliphatic rings. The van der Waals surface area contributed by atoms with Crippen LogP contribution in [0.5, 0.6) is 11.5 Å². The molecule has 0 spiro atoms. The Labute approximate surface area is 662 Å². The Bertz CT molecular complexity index is 3870. The van der Waals surface area contributed by atoms with E-state index in [1.807, 2.05) is 0 Å². The minimum Gasteiger partial charge on any atom is -0.508 e. The van der Waals surface area contributed by atoms with Crippen molar-refractivity contribution in [2.45, 2.75) is 217 Å². The predicted octanol–water partition coefficient (Wildman–Crippen LogP) is -4.41. The summed E-state index contributed by atoms with van der Waals surface area (Å²) in [7, 11) is 0. The maximum absolute atomic E-state index is 14.5. The number of carbonyl (C=O) groups is 17. The maximum Gasteiger partial charge on any atom is 0.326 e. The molecule has 24 N–H and O–H groups in total. The second-order valence-electron chi connectivity index (χ2n) is 28.6. The second kappa shape index (κ2) is 47.6. The molecule has 0 unspecified atom stereocenters. The predicted molar refractivity (Wildman–Crippen MR) is 406 cm³/mol. The largest absolute Gasteiger partial charge is 0.508 e. The topological polar surface area (TPSA) is 655 Å². The number of amides is 13. The third-order valence-electron chi connectivity index (χ3n) is 18.3. The first-order valence-corrected chi connectivity index (χ1v) is 37.0. The summed E-state index contributed by atoms with van der Waals surface area (Å²) in [6, 6.07) is -1.94. The van der Waals surface area contributed by atoms with E-state index in [-0.39, 0.29) is 55.1 Å². The van der Waals surface area contributed by atoms with E-state index in [4.69, 9.17) is 5.73 Å². The fourth-order valence-electron chi connectivity index (χ4n) is 11.2. The number of aliphatic carboxylic acids is 4. The zero-order valence-electron chi connectivity index (χ0n) is 65.2. The van der Waals surface area contributed by atoms with Gasteiger partial charge in [0.1, 0.15) is 83.5 Å². The van der Waals surface area contributed by atoms with Crippen LogP contribution in [0.4, 0.5) is 0 Å². The maximum atomic E-state index is 14.5. The molecule has 0 aromatic heterocycles. The molecule has 0 aliphatic heterocycles. The highest BCUT2D eigenvalue weighted by atomic mass is 16.4. The number of carboxylic acid groups (broad SMARTS) is 4. The smallest absolute Gasteiger partial charge is 0.326 e. The number of phenolic OH excluding ortho intramolecular Hbond substituents is 2. The first-order chi connectivity index (χ1) is 53.9. The molecule has 0 aliphatic carbocycles. The van der Waals surface area contributed by atoms with Crippen molar-refractivity contribution in [1.29, 1.82) is 0 Å². The lowest BCUT2D eigenvalue weighted by Gasteiger charge is -2.30. The second-order valence-corrected chi connectivity index (χ2v) is 28.6. The Morgan fingerprint density at radius 2 is 0.783 bits per heavy atom. The molecule has 0 saturated heterocycles. The third kappa shape index (κ3) is 33.7. The van der Waals surface area contributed by atoms with Gasteiger partial charge < -0.3 is 121 Å². The fourth-order valence-corrected chi connectivity index (χ4v) is 11.2. The first-order valence-electron chi connectivity index (χ1n) is 37.0. The molecule has 40 heteroatoms. The summed E-state index contributed by atoms with van der Waals surface area (Å²) in [6.45, 7) is 9.81. The molecule has 13 amide bonds. The van der Waals surface area contributed by atoms with E-state index >= 15 is 0 Å². The number of nitrogens with two attached hydrogens (primary N) is 1. The SMILES string of the molecule is CC[C@H](C)[C@H](NC(=O)[C@H](CO)NC(=O)[C@H](Cc1ccc(O)cc1)NC(=O)[C@H](CC(=O)O)NC(=O)[C@H](CO)NC(=O)[C@@H](NC(=O)[C@H](Cc1ccccc1)NC(=O)[C@@H](NC(=O)CNC(=O)[C@H](CCC(=O)O)NC(=O)C(C)(C)NC(=O)[C@@H](N)Cc1ccc(O)cc1)[C@@H](C)O)[C@@H](C)CC)C(=O)N[C@@H](CCC(=O)O)C(=O)N[C@@H](CC(C)C)C(=O)O. The van der Waals surface area contributed by atoms with Crippen LogP contribution in [0.25, 0.3) is 0 Å². The molecule has 0 fully saturated rings. The average molecular weight is 1620 g/mol. The molecule has 0 saturated carbocycles. The number of rotatable bonds is 50. The van der Waals surface area contributed by atoms with Gasteiger partial charge in [-0.15, -0.1) is 0 Å². The summed E-state index contributed by atoms with van der Waals surface area (Å²) < 4.78 is 0. The first kappa shape index (κ1) is 97.3. The number of hydrogen-bond donors (Lipinski definition) is 23. The normalized spacial score (nSPS) is 15.1. The summed E-state index contributed by atoms with van der Waals surface area (Å²) in [5.41, 5.74) is 5.52. The number of hydrogen-bond acceptors (Lipinski definition) is 23. The van der Waals surface area contributed by atoms with Gasteiger partial charge in [-0.1, -0.05) is 109 Å². The highest BCUT2D eigenvalue weighted by Gasteiger charge is 2.40. The van der Waals surface area contributed by atoms with Crippen molar-refractivity contribution in [1.82, 2.24) is 69.1 Å². The van der Waals surface area contributed by atoms with Crippen molar-refractivity contribution in [2.75, 3.05) is 19.8 Å². The summed E-state index contributed by atoms with van der Waals surface area (Å²) in [5.74, 6) is -22.9. The number of benzene rings is 3. The molecule has 40 nitrogen and oxygen atoms in total. The van der Waals surface area contributed by atoms with Crippen LogP contribution in [-0.4, -0.2) is 251 Å². The van der Waals surface area contributed by atoms with Gasteiger partial charge >= 0.3 is 23.9 Å². The fraction of sp³-hybridized carbons (Fsp3) is 0.533. The monoisotopic (exact) mass is 1620 g/mol. The molecule has 3 aromatic carbocycles. The van der Waals surface area contributed by atoms with Gasteiger partial charge in [0.15, 0.2) is 0 Å². The van der Waals surface area contributed by atoms with Gasteiger partial charge in [0.05, 0.1) is 38.3 Å². The molecule has 3 aromatic rings. The van der Waals surface area contributed by atoms with E-state index in [9.17, 15) is 127 Å². The third-order valence-corrected chi connectivity index (χ3v) is 18.3. The average Bonchev–Trinajstić information content (AvgIpc) is 0.847. The lowest BCUT2D eigenvalue weighted by molar-refractivity contribution is -0.143. The number of carbonyl (C=O) groups excluding carboxylic acids is 13. The summed E-state index contributed by atoms with van der Waals surface area (Å²) >= 11 is 0. The van der Waals surface area contributed by atoms with E-state index in [1.54, 1.807) is 58.0 Å². The molecule has 115 heavy (non-hydrogen) atoms. The van der Waals surface area contributed by atoms with E-state index in [0.717, 1.165) is 6.92 Å². The van der Waals surface area contributed by atoms with Gasteiger partial charge in [0.25, 0.3) is 0 Å². The Morgan fingerprint density at radius 1 is 0.409 bits per heavy atom. The van der Waals surface area contributed by atoms with E-state index in [0.29, 0.717) is 11.1 Å². The van der Waals surface area contributed by atoms with Gasteiger partial charge in [0, 0.05) is 25.7 Å². The standard InChI is InChI=1S/C75H108N14O26/c1-10-38(5)59(70(110)78-48(26-28-57(98)99)64(104)82-52(73(113)114)29-37(3)4)88-69(109)54(36-91)83-65(105)49(32-43-19-23-45(94)24-20-43)79-66(106)51(33-58(100)101)80-68(108)53(35-90)84-71(111)60(39(6)11-2)87-67(107)50(31-41-15-13-12-14-16-41)81-72(112)61(40(7)92)86-55(95)34-77-63(103)47(25-27-56(96)97)85-74(115)75(8,9)89-62(102)46(76)30-42-17-21-44(93)22-18-42/h12-24,37-40,46-54,59-61,90-94H,10-11,25-36,76H2,1-9H3,(H,77,103)(H,78,110)(H,79,106)(H,80,108)(H,81,112)(H,82,104)(H,83,105)(H,84,111)(H,85,115)(H,86,95)(H,87,107)(H,88,109)(H,89,102)(H,96,97)(H,98,99)(H,100,101)(H,113,114)/t38-,39-,40+,46-,47-,48-,49-,50-,51-,52-,53-,54-,59-,60-,61-/m0/s1. The molecule has 0 bridgehead atoms. The minimum absolute atomic E-state index is 0.00212. The Morgan fingerprint density at radius 3 is 1.23 bits per heavy atom. The number of nitrogens with one attached hydrogen (secondary N) is 13. The summed E-state index contributed by atoms with van der Waals surface area (Å²) in [6.07, 6.45) is -5.98. The molecule has 15 atom stereocenters. The van der Waals surface area contributed by atoms with Crippen LogP contribution in [0.3, 0.4) is 0 Å².